The molecule has 0 spiro atoms. The number of aliphatic imine (C=N–C) groups is 1. The predicted molar refractivity (Wildman–Crippen MR) is 127 cm³/mol. The highest BCUT2D eigenvalue weighted by Crippen LogP contribution is 2.20. The number of carbonyl (C=O) groups is 1. The number of amides is 1. The first-order chi connectivity index (χ1) is 15.2. The molecule has 1 atom stereocenters. The van der Waals surface area contributed by atoms with Gasteiger partial charge >= 0.3 is 0 Å². The van der Waals surface area contributed by atoms with Gasteiger partial charge in [-0.2, -0.15) is 0 Å². The minimum atomic E-state index is -0.0543. The lowest BCUT2D eigenvalue weighted by molar-refractivity contribution is 0.0963. The molecule has 1 saturated heterocycles. The van der Waals surface area contributed by atoms with Crippen LogP contribution in [0.4, 0.5) is 0 Å². The Hall–Kier alpha value is -2.86. The van der Waals surface area contributed by atoms with E-state index in [0.29, 0.717) is 11.6 Å². The van der Waals surface area contributed by atoms with Crippen LogP contribution in [-0.2, 0) is 13.0 Å². The van der Waals surface area contributed by atoms with Crippen LogP contribution in [0.2, 0.25) is 0 Å². The molecule has 6 nitrogen and oxygen atoms in total. The zero-order valence-corrected chi connectivity index (χ0v) is 18.7. The Balaban J connectivity index is 1.52. The minimum Gasteiger partial charge on any atom is -0.357 e. The summed E-state index contributed by atoms with van der Waals surface area (Å²) in [6.07, 6.45) is 3.26. The molecule has 1 aliphatic rings. The summed E-state index contributed by atoms with van der Waals surface area (Å²) in [5.41, 5.74) is 3.19. The summed E-state index contributed by atoms with van der Waals surface area (Å²) < 4.78 is 0. The molecular formula is C25H35N5O. The lowest BCUT2D eigenvalue weighted by Gasteiger charge is -2.23. The zero-order valence-electron chi connectivity index (χ0n) is 18.7. The van der Waals surface area contributed by atoms with Crippen LogP contribution in [-0.4, -0.2) is 56.0 Å². The molecule has 3 rings (SSSR count). The summed E-state index contributed by atoms with van der Waals surface area (Å²) >= 11 is 0. The molecule has 1 heterocycles. The molecule has 0 aliphatic carbocycles. The van der Waals surface area contributed by atoms with Gasteiger partial charge in [0.2, 0.25) is 0 Å². The van der Waals surface area contributed by atoms with Gasteiger partial charge in [0.25, 0.3) is 5.91 Å². The smallest absolute Gasteiger partial charge is 0.251 e. The van der Waals surface area contributed by atoms with E-state index in [9.17, 15) is 4.79 Å². The number of nitrogens with zero attached hydrogens (tertiary/aromatic N) is 2. The fourth-order valence-corrected chi connectivity index (χ4v) is 4.00. The van der Waals surface area contributed by atoms with Crippen LogP contribution in [0, 0.1) is 0 Å². The van der Waals surface area contributed by atoms with Crippen LogP contribution in [0.5, 0.6) is 0 Å². The summed E-state index contributed by atoms with van der Waals surface area (Å²) in [6.45, 7) is 6.61. The zero-order chi connectivity index (χ0) is 21.9. The number of likely N-dealkylation sites (tertiary alicyclic amines) is 1. The molecule has 0 radical (unpaired) electrons. The SMILES string of the molecule is CCNC(=NCC1CCCN1Cc1ccccc1)NCCc1cccc(C(=O)NC)c1. The number of benzene rings is 2. The number of hydrogen-bond donors (Lipinski definition) is 3. The van der Waals surface area contributed by atoms with E-state index >= 15 is 0 Å². The maximum absolute atomic E-state index is 11.8. The molecule has 166 valence electrons. The molecule has 1 fully saturated rings. The quantitative estimate of drug-likeness (QED) is 0.430. The van der Waals surface area contributed by atoms with Crippen LogP contribution in [0.25, 0.3) is 0 Å². The summed E-state index contributed by atoms with van der Waals surface area (Å²) in [6, 6.07) is 18.9. The van der Waals surface area contributed by atoms with Crippen molar-refractivity contribution in [1.82, 2.24) is 20.9 Å². The molecule has 1 amide bonds. The van der Waals surface area contributed by atoms with Gasteiger partial charge in [-0.3, -0.25) is 14.7 Å². The average Bonchev–Trinajstić information content (AvgIpc) is 3.24. The van der Waals surface area contributed by atoms with Crippen molar-refractivity contribution in [3.05, 3.63) is 71.3 Å². The van der Waals surface area contributed by atoms with Gasteiger partial charge in [-0.15, -0.1) is 0 Å². The maximum Gasteiger partial charge on any atom is 0.251 e. The van der Waals surface area contributed by atoms with Gasteiger partial charge in [0, 0.05) is 38.3 Å². The van der Waals surface area contributed by atoms with Gasteiger partial charge in [0.05, 0.1) is 6.54 Å². The number of guanidine groups is 1. The number of hydrogen-bond acceptors (Lipinski definition) is 3. The largest absolute Gasteiger partial charge is 0.357 e. The van der Waals surface area contributed by atoms with Gasteiger partial charge in [0.1, 0.15) is 0 Å². The maximum atomic E-state index is 11.8. The third-order valence-corrected chi connectivity index (χ3v) is 5.65. The molecule has 2 aromatic rings. The fraction of sp³-hybridized carbons (Fsp3) is 0.440. The summed E-state index contributed by atoms with van der Waals surface area (Å²) in [5, 5.41) is 9.47. The van der Waals surface area contributed by atoms with Gasteiger partial charge in [-0.1, -0.05) is 42.5 Å². The lowest BCUT2D eigenvalue weighted by atomic mass is 10.1. The standard InChI is InChI=1S/C25H35N5O/c1-3-27-25(28-15-14-20-11-7-12-22(17-20)24(31)26-2)29-18-23-13-8-16-30(23)19-21-9-5-4-6-10-21/h4-7,9-12,17,23H,3,8,13-16,18-19H2,1-2H3,(H,26,31)(H2,27,28,29). The van der Waals surface area contributed by atoms with Crippen molar-refractivity contribution in [2.24, 2.45) is 4.99 Å². The number of rotatable bonds is 9. The van der Waals surface area contributed by atoms with E-state index in [4.69, 9.17) is 4.99 Å². The second-order valence-corrected chi connectivity index (χ2v) is 7.93. The Labute approximate surface area is 186 Å². The first-order valence-electron chi connectivity index (χ1n) is 11.3. The molecule has 1 aliphatic heterocycles. The van der Waals surface area contributed by atoms with E-state index in [0.717, 1.165) is 50.7 Å². The van der Waals surface area contributed by atoms with E-state index < -0.39 is 0 Å². The van der Waals surface area contributed by atoms with Crippen molar-refractivity contribution >= 4 is 11.9 Å². The highest BCUT2D eigenvalue weighted by atomic mass is 16.1. The fourth-order valence-electron chi connectivity index (χ4n) is 4.00. The van der Waals surface area contributed by atoms with E-state index in [1.807, 2.05) is 18.2 Å². The first kappa shape index (κ1) is 22.8. The van der Waals surface area contributed by atoms with Gasteiger partial charge in [-0.25, -0.2) is 0 Å². The third-order valence-electron chi connectivity index (χ3n) is 5.65. The monoisotopic (exact) mass is 421 g/mol. The van der Waals surface area contributed by atoms with Crippen LogP contribution in [0.3, 0.4) is 0 Å². The van der Waals surface area contributed by atoms with E-state index in [1.165, 1.54) is 18.4 Å². The molecule has 3 N–H and O–H groups in total. The van der Waals surface area contributed by atoms with Gasteiger partial charge < -0.3 is 16.0 Å². The highest BCUT2D eigenvalue weighted by Gasteiger charge is 2.24. The summed E-state index contributed by atoms with van der Waals surface area (Å²) in [5.74, 6) is 0.804. The molecule has 0 bridgehead atoms. The van der Waals surface area contributed by atoms with Crippen molar-refractivity contribution in [1.29, 1.82) is 0 Å². The first-order valence-corrected chi connectivity index (χ1v) is 11.3. The van der Waals surface area contributed by atoms with Crippen LogP contribution in [0.15, 0.2) is 59.6 Å². The topological polar surface area (TPSA) is 68.8 Å². The predicted octanol–water partition coefficient (Wildman–Crippen LogP) is 2.81. The Morgan fingerprint density at radius 1 is 1.10 bits per heavy atom. The molecule has 0 aromatic heterocycles. The molecule has 2 aromatic carbocycles. The third kappa shape index (κ3) is 7.10. The van der Waals surface area contributed by atoms with Crippen molar-refractivity contribution in [3.8, 4) is 0 Å². The van der Waals surface area contributed by atoms with Crippen LogP contribution < -0.4 is 16.0 Å². The highest BCUT2D eigenvalue weighted by molar-refractivity contribution is 5.94. The Morgan fingerprint density at radius 3 is 2.68 bits per heavy atom. The molecule has 31 heavy (non-hydrogen) atoms. The second-order valence-electron chi connectivity index (χ2n) is 7.93. The van der Waals surface area contributed by atoms with Crippen molar-refractivity contribution < 1.29 is 4.79 Å². The summed E-state index contributed by atoms with van der Waals surface area (Å²) in [4.78, 5) is 19.2. The minimum absolute atomic E-state index is 0.0543. The number of carbonyl (C=O) groups excluding carboxylic acids is 1. The van der Waals surface area contributed by atoms with Gasteiger partial charge in [0.15, 0.2) is 5.96 Å². The van der Waals surface area contributed by atoms with Crippen molar-refractivity contribution in [2.45, 2.75) is 38.8 Å². The molecular weight excluding hydrogens is 386 g/mol. The molecule has 0 saturated carbocycles. The average molecular weight is 422 g/mol. The Morgan fingerprint density at radius 2 is 1.90 bits per heavy atom. The van der Waals surface area contributed by atoms with Gasteiger partial charge in [-0.05, 0) is 56.0 Å². The summed E-state index contributed by atoms with van der Waals surface area (Å²) in [7, 11) is 1.65. The van der Waals surface area contributed by atoms with Crippen molar-refractivity contribution in [3.63, 3.8) is 0 Å². The van der Waals surface area contributed by atoms with Crippen molar-refractivity contribution in [2.75, 3.05) is 33.2 Å². The number of nitrogens with one attached hydrogen (secondary N) is 3. The van der Waals surface area contributed by atoms with E-state index in [-0.39, 0.29) is 5.91 Å². The van der Waals surface area contributed by atoms with Crippen LogP contribution in [0.1, 0.15) is 41.3 Å². The Kier molecular flexibility index (Phi) is 8.91. The molecule has 6 heteroatoms. The Bertz CT molecular complexity index is 852. The molecule has 1 unspecified atom stereocenters. The van der Waals surface area contributed by atoms with E-state index in [2.05, 4.69) is 64.2 Å². The lowest BCUT2D eigenvalue weighted by Crippen LogP contribution is -2.40. The van der Waals surface area contributed by atoms with Crippen LogP contribution >= 0.6 is 0 Å². The van der Waals surface area contributed by atoms with E-state index in [1.54, 1.807) is 7.05 Å². The second kappa shape index (κ2) is 12.1. The normalized spacial score (nSPS) is 16.8.